The van der Waals surface area contributed by atoms with E-state index < -0.39 is 0 Å². The van der Waals surface area contributed by atoms with Crippen molar-refractivity contribution >= 4 is 5.91 Å². The second-order valence-electron chi connectivity index (χ2n) is 5.22. The van der Waals surface area contributed by atoms with Crippen molar-refractivity contribution in [3.63, 3.8) is 0 Å². The lowest BCUT2D eigenvalue weighted by atomic mass is 10.2. The van der Waals surface area contributed by atoms with Crippen LogP contribution < -0.4 is 19.5 Å². The fraction of sp³-hybridized carbons (Fsp3) is 0.533. The molecule has 0 aliphatic carbocycles. The van der Waals surface area contributed by atoms with Gasteiger partial charge in [-0.3, -0.25) is 4.79 Å². The van der Waals surface area contributed by atoms with Crippen LogP contribution >= 0.6 is 0 Å². The van der Waals surface area contributed by atoms with Crippen LogP contribution in [0, 0.1) is 0 Å². The molecule has 2 aliphatic rings. The van der Waals surface area contributed by atoms with Crippen LogP contribution in [0.1, 0.15) is 18.4 Å². The number of methoxy groups -OCH3 is 1. The van der Waals surface area contributed by atoms with Gasteiger partial charge in [-0.2, -0.15) is 0 Å². The first-order valence-corrected chi connectivity index (χ1v) is 7.23. The zero-order valence-corrected chi connectivity index (χ0v) is 12.2. The highest BCUT2D eigenvalue weighted by Gasteiger charge is 2.20. The lowest BCUT2D eigenvalue weighted by Gasteiger charge is -2.15. The van der Waals surface area contributed by atoms with Crippen LogP contribution in [-0.4, -0.2) is 44.3 Å². The molecule has 0 aromatic heterocycles. The van der Waals surface area contributed by atoms with Crippen molar-refractivity contribution in [1.29, 1.82) is 0 Å². The van der Waals surface area contributed by atoms with Gasteiger partial charge in [0, 0.05) is 19.6 Å². The predicted octanol–water partition coefficient (Wildman–Crippen LogP) is 1.14. The number of amides is 1. The molecule has 0 atom stereocenters. The van der Waals surface area contributed by atoms with Crippen molar-refractivity contribution in [3.05, 3.63) is 17.7 Å². The maximum Gasteiger partial charge on any atom is 0.236 e. The maximum atomic E-state index is 11.9. The minimum Gasteiger partial charge on any atom is -0.493 e. The molecule has 3 rings (SSSR count). The number of carbonyl (C=O) groups is 1. The van der Waals surface area contributed by atoms with Crippen molar-refractivity contribution < 1.29 is 19.0 Å². The number of fused-ring (bicyclic) bond motifs is 1. The van der Waals surface area contributed by atoms with Gasteiger partial charge in [0.25, 0.3) is 0 Å². The summed E-state index contributed by atoms with van der Waals surface area (Å²) in [6.07, 6.45) is 2.23. The Labute approximate surface area is 124 Å². The van der Waals surface area contributed by atoms with Crippen molar-refractivity contribution in [2.45, 2.75) is 19.4 Å². The van der Waals surface area contributed by atoms with E-state index in [9.17, 15) is 4.79 Å². The molecular formula is C15H20N2O4. The fourth-order valence-electron chi connectivity index (χ4n) is 2.68. The van der Waals surface area contributed by atoms with Crippen LogP contribution in [0.5, 0.6) is 17.2 Å². The number of carbonyl (C=O) groups excluding carboxylic acids is 1. The first kappa shape index (κ1) is 14.0. The summed E-state index contributed by atoms with van der Waals surface area (Å²) >= 11 is 0. The first-order valence-electron chi connectivity index (χ1n) is 7.23. The van der Waals surface area contributed by atoms with Crippen LogP contribution in [0.15, 0.2) is 12.1 Å². The van der Waals surface area contributed by atoms with Gasteiger partial charge in [0.05, 0.1) is 13.7 Å². The summed E-state index contributed by atoms with van der Waals surface area (Å²) in [6.45, 7) is 2.94. The molecule has 2 heterocycles. The summed E-state index contributed by atoms with van der Waals surface area (Å²) < 4.78 is 16.0. The Hall–Kier alpha value is -1.95. The number of ether oxygens (including phenoxy) is 3. The number of likely N-dealkylation sites (tertiary alicyclic amines) is 1. The second kappa shape index (κ2) is 6.22. The Balaban J connectivity index is 1.57. The highest BCUT2D eigenvalue weighted by molar-refractivity contribution is 5.78. The highest BCUT2D eigenvalue weighted by atomic mass is 16.7. The molecule has 6 nitrogen and oxygen atoms in total. The quantitative estimate of drug-likeness (QED) is 0.882. The number of hydrogen-bond acceptors (Lipinski definition) is 5. The van der Waals surface area contributed by atoms with E-state index in [-0.39, 0.29) is 12.7 Å². The van der Waals surface area contributed by atoms with Gasteiger partial charge in [-0.05, 0) is 30.5 Å². The maximum absolute atomic E-state index is 11.9. The lowest BCUT2D eigenvalue weighted by Crippen LogP contribution is -2.35. The normalized spacial score (nSPS) is 16.3. The predicted molar refractivity (Wildman–Crippen MR) is 76.6 cm³/mol. The van der Waals surface area contributed by atoms with E-state index in [1.807, 2.05) is 17.0 Å². The Morgan fingerprint density at radius 1 is 1.33 bits per heavy atom. The van der Waals surface area contributed by atoms with Gasteiger partial charge in [-0.25, -0.2) is 0 Å². The fourth-order valence-corrected chi connectivity index (χ4v) is 2.68. The minimum absolute atomic E-state index is 0.167. The van der Waals surface area contributed by atoms with Crippen molar-refractivity contribution in [3.8, 4) is 17.2 Å². The summed E-state index contributed by atoms with van der Waals surface area (Å²) in [5.74, 6) is 2.17. The molecule has 0 radical (unpaired) electrons. The molecule has 21 heavy (non-hydrogen) atoms. The number of hydrogen-bond donors (Lipinski definition) is 1. The molecule has 1 saturated heterocycles. The van der Waals surface area contributed by atoms with Gasteiger partial charge in [0.1, 0.15) is 0 Å². The summed E-state index contributed by atoms with van der Waals surface area (Å²) in [5, 5.41) is 3.18. The van der Waals surface area contributed by atoms with Crippen molar-refractivity contribution in [2.75, 3.05) is 33.5 Å². The molecule has 0 spiro atoms. The molecule has 114 valence electrons. The summed E-state index contributed by atoms with van der Waals surface area (Å²) in [5.41, 5.74) is 1.00. The molecule has 1 fully saturated rings. The smallest absolute Gasteiger partial charge is 0.236 e. The number of rotatable bonds is 5. The van der Waals surface area contributed by atoms with E-state index in [1.54, 1.807) is 7.11 Å². The third kappa shape index (κ3) is 3.05. The van der Waals surface area contributed by atoms with Gasteiger partial charge in [-0.15, -0.1) is 0 Å². The standard InChI is InChI=1S/C15H20N2O4/c1-19-12-6-11(7-13-15(12)21-10-20-13)8-16-9-14(18)17-4-2-3-5-17/h6-7,16H,2-5,8-10H2,1H3. The summed E-state index contributed by atoms with van der Waals surface area (Å²) in [6, 6.07) is 3.82. The Morgan fingerprint density at radius 3 is 2.90 bits per heavy atom. The molecule has 1 amide bonds. The second-order valence-corrected chi connectivity index (χ2v) is 5.22. The highest BCUT2D eigenvalue weighted by Crippen LogP contribution is 2.41. The molecule has 1 aromatic carbocycles. The topological polar surface area (TPSA) is 60.0 Å². The van der Waals surface area contributed by atoms with Gasteiger partial charge < -0.3 is 24.4 Å². The Kier molecular flexibility index (Phi) is 4.15. The van der Waals surface area contributed by atoms with E-state index in [2.05, 4.69) is 5.32 Å². The first-order chi connectivity index (χ1) is 10.3. The molecule has 0 saturated carbocycles. The van der Waals surface area contributed by atoms with Gasteiger partial charge in [0.15, 0.2) is 11.5 Å². The van der Waals surface area contributed by atoms with Gasteiger partial charge in [0.2, 0.25) is 18.4 Å². The average molecular weight is 292 g/mol. The van der Waals surface area contributed by atoms with E-state index in [0.717, 1.165) is 31.5 Å². The zero-order chi connectivity index (χ0) is 14.7. The Morgan fingerprint density at radius 2 is 2.14 bits per heavy atom. The third-order valence-electron chi connectivity index (χ3n) is 3.78. The molecule has 6 heteroatoms. The zero-order valence-electron chi connectivity index (χ0n) is 12.2. The van der Waals surface area contributed by atoms with E-state index in [1.165, 1.54) is 0 Å². The molecular weight excluding hydrogens is 272 g/mol. The Bertz CT molecular complexity index is 527. The number of nitrogens with one attached hydrogen (secondary N) is 1. The van der Waals surface area contributed by atoms with Crippen LogP contribution in [-0.2, 0) is 11.3 Å². The number of nitrogens with zero attached hydrogens (tertiary/aromatic N) is 1. The molecule has 1 aromatic rings. The summed E-state index contributed by atoms with van der Waals surface area (Å²) in [7, 11) is 1.60. The monoisotopic (exact) mass is 292 g/mol. The summed E-state index contributed by atoms with van der Waals surface area (Å²) in [4.78, 5) is 13.8. The third-order valence-corrected chi connectivity index (χ3v) is 3.78. The minimum atomic E-state index is 0.167. The molecule has 0 unspecified atom stereocenters. The lowest BCUT2D eigenvalue weighted by molar-refractivity contribution is -0.129. The molecule has 0 bridgehead atoms. The van der Waals surface area contributed by atoms with Crippen LogP contribution in [0.4, 0.5) is 0 Å². The number of benzene rings is 1. The van der Waals surface area contributed by atoms with Crippen LogP contribution in [0.25, 0.3) is 0 Å². The van der Waals surface area contributed by atoms with E-state index in [4.69, 9.17) is 14.2 Å². The SMILES string of the molecule is COc1cc(CNCC(=O)N2CCCC2)cc2c1OCO2. The van der Waals surface area contributed by atoms with Crippen molar-refractivity contribution in [2.24, 2.45) is 0 Å². The molecule has 1 N–H and O–H groups in total. The average Bonchev–Trinajstić information content (AvgIpc) is 3.17. The van der Waals surface area contributed by atoms with E-state index in [0.29, 0.717) is 30.3 Å². The van der Waals surface area contributed by atoms with Gasteiger partial charge in [-0.1, -0.05) is 0 Å². The van der Waals surface area contributed by atoms with Gasteiger partial charge >= 0.3 is 0 Å². The van der Waals surface area contributed by atoms with Crippen LogP contribution in [0.2, 0.25) is 0 Å². The molecule has 2 aliphatic heterocycles. The van der Waals surface area contributed by atoms with Crippen molar-refractivity contribution in [1.82, 2.24) is 10.2 Å². The van der Waals surface area contributed by atoms with Crippen LogP contribution in [0.3, 0.4) is 0 Å². The van der Waals surface area contributed by atoms with E-state index >= 15 is 0 Å². The largest absolute Gasteiger partial charge is 0.493 e.